The summed E-state index contributed by atoms with van der Waals surface area (Å²) in [6.07, 6.45) is 0.991. The average molecular weight is 422 g/mol. The molecule has 0 aliphatic carbocycles. The van der Waals surface area contributed by atoms with Gasteiger partial charge in [-0.15, -0.1) is 22.0 Å². The van der Waals surface area contributed by atoms with Crippen LogP contribution in [-0.2, 0) is 15.8 Å². The van der Waals surface area contributed by atoms with Crippen molar-refractivity contribution in [3.63, 3.8) is 0 Å². The number of thioether (sulfide) groups is 1. The van der Waals surface area contributed by atoms with Crippen LogP contribution in [0.5, 0.6) is 5.75 Å². The molecule has 0 saturated heterocycles. The first kappa shape index (κ1) is 20.1. The van der Waals surface area contributed by atoms with Crippen LogP contribution in [0.4, 0.5) is 5.82 Å². The minimum absolute atomic E-state index is 0.0384. The number of sulfonamides is 1. The summed E-state index contributed by atoms with van der Waals surface area (Å²) >= 11 is 13.3. The van der Waals surface area contributed by atoms with Crippen LogP contribution in [0.1, 0.15) is 18.9 Å². The Morgan fingerprint density at radius 1 is 1.16 bits per heavy atom. The maximum absolute atomic E-state index is 12.4. The summed E-state index contributed by atoms with van der Waals surface area (Å²) in [5, 5.41) is 9.34. The zero-order valence-electron chi connectivity index (χ0n) is 13.6. The van der Waals surface area contributed by atoms with Gasteiger partial charge >= 0.3 is 0 Å². The predicted octanol–water partition coefficient (Wildman–Crippen LogP) is 4.24. The maximum Gasteiger partial charge on any atom is 0.238 e. The lowest BCUT2D eigenvalue weighted by molar-refractivity contribution is 0.412. The molecule has 1 aromatic heterocycles. The van der Waals surface area contributed by atoms with Gasteiger partial charge in [0, 0.05) is 16.1 Å². The second kappa shape index (κ2) is 8.93. The van der Waals surface area contributed by atoms with Gasteiger partial charge in [0.25, 0.3) is 0 Å². The molecule has 0 atom stereocenters. The third kappa shape index (κ3) is 6.22. The molecule has 10 heteroatoms. The van der Waals surface area contributed by atoms with Crippen LogP contribution >= 0.6 is 35.0 Å². The van der Waals surface area contributed by atoms with Gasteiger partial charge in [-0.2, -0.15) is 0 Å². The van der Waals surface area contributed by atoms with Crippen LogP contribution in [0, 0.1) is 0 Å². The quantitative estimate of drug-likeness (QED) is 0.641. The molecular weight excluding hydrogens is 405 g/mol. The molecule has 6 nitrogen and oxygen atoms in total. The van der Waals surface area contributed by atoms with Crippen molar-refractivity contribution in [2.45, 2.75) is 24.1 Å². The van der Waals surface area contributed by atoms with Gasteiger partial charge in [0.1, 0.15) is 5.03 Å². The molecule has 25 heavy (non-hydrogen) atoms. The van der Waals surface area contributed by atoms with Gasteiger partial charge in [-0.25, -0.2) is 8.42 Å². The maximum atomic E-state index is 12.4. The number of benzene rings is 1. The number of nitrogens with zero attached hydrogens (tertiary/aromatic N) is 2. The van der Waals surface area contributed by atoms with Crippen molar-refractivity contribution in [3.8, 4) is 5.75 Å². The van der Waals surface area contributed by atoms with E-state index in [0.717, 1.165) is 12.2 Å². The molecule has 0 aliphatic heterocycles. The molecule has 0 bridgehead atoms. The second-order valence-corrected chi connectivity index (χ2v) is 8.80. The standard InChI is InChI=1S/C15H17Cl2N3O3S2/c1-3-4-24-14-8-13(23-2)15(19-18-14)20-25(21,22)9-10-5-11(16)7-12(17)6-10/h5-8H,3-4,9H2,1-2H3,(H,19,20). The van der Waals surface area contributed by atoms with Crippen LogP contribution < -0.4 is 9.46 Å². The van der Waals surface area contributed by atoms with Crippen LogP contribution in [-0.4, -0.2) is 31.5 Å². The Bertz CT molecular complexity index is 828. The molecule has 1 aromatic carbocycles. The topological polar surface area (TPSA) is 81.2 Å². The Hall–Kier alpha value is -1.22. The Morgan fingerprint density at radius 2 is 1.84 bits per heavy atom. The summed E-state index contributed by atoms with van der Waals surface area (Å²) in [6.45, 7) is 2.06. The molecule has 2 aromatic rings. The van der Waals surface area contributed by atoms with Gasteiger partial charge < -0.3 is 4.74 Å². The predicted molar refractivity (Wildman–Crippen MR) is 102 cm³/mol. The SMILES string of the molecule is CCCSc1cc(OC)c(NS(=O)(=O)Cc2cc(Cl)cc(Cl)c2)nn1. The van der Waals surface area contributed by atoms with E-state index in [1.54, 1.807) is 18.2 Å². The number of aromatic nitrogens is 2. The van der Waals surface area contributed by atoms with Crippen LogP contribution in [0.15, 0.2) is 29.3 Å². The summed E-state index contributed by atoms with van der Waals surface area (Å²) in [5.74, 6) is 0.931. The number of halogens is 2. The van der Waals surface area contributed by atoms with E-state index in [0.29, 0.717) is 26.4 Å². The van der Waals surface area contributed by atoms with Crippen LogP contribution in [0.2, 0.25) is 10.0 Å². The molecular formula is C15H17Cl2N3O3S2. The van der Waals surface area contributed by atoms with E-state index in [4.69, 9.17) is 27.9 Å². The molecule has 0 fully saturated rings. The zero-order valence-corrected chi connectivity index (χ0v) is 16.8. The van der Waals surface area contributed by atoms with E-state index in [1.807, 2.05) is 0 Å². The third-order valence-electron chi connectivity index (χ3n) is 2.94. The smallest absolute Gasteiger partial charge is 0.238 e. The van der Waals surface area contributed by atoms with Gasteiger partial charge in [-0.05, 0) is 35.9 Å². The molecule has 0 radical (unpaired) electrons. The highest BCUT2D eigenvalue weighted by Gasteiger charge is 2.17. The van der Waals surface area contributed by atoms with Gasteiger partial charge in [-0.3, -0.25) is 4.72 Å². The fourth-order valence-corrected chi connectivity index (χ4v) is 4.35. The normalized spacial score (nSPS) is 11.4. The van der Waals surface area contributed by atoms with E-state index in [9.17, 15) is 8.42 Å². The van der Waals surface area contributed by atoms with E-state index < -0.39 is 10.0 Å². The fraction of sp³-hybridized carbons (Fsp3) is 0.333. The summed E-state index contributed by atoms with van der Waals surface area (Å²) in [6, 6.07) is 6.27. The van der Waals surface area contributed by atoms with Gasteiger partial charge in [-0.1, -0.05) is 30.1 Å². The lowest BCUT2D eigenvalue weighted by Gasteiger charge is -2.11. The van der Waals surface area contributed by atoms with Crippen molar-refractivity contribution >= 4 is 50.8 Å². The number of hydrogen-bond acceptors (Lipinski definition) is 6. The highest BCUT2D eigenvalue weighted by Crippen LogP contribution is 2.28. The number of ether oxygens (including phenoxy) is 1. The first-order chi connectivity index (χ1) is 11.8. The van der Waals surface area contributed by atoms with Crippen molar-refractivity contribution in [2.24, 2.45) is 0 Å². The highest BCUT2D eigenvalue weighted by molar-refractivity contribution is 7.99. The Balaban J connectivity index is 2.19. The second-order valence-electron chi connectivity index (χ2n) is 5.09. The Labute approximate surface area is 161 Å². The minimum Gasteiger partial charge on any atom is -0.493 e. The van der Waals surface area contributed by atoms with Crippen molar-refractivity contribution in [3.05, 3.63) is 39.9 Å². The average Bonchev–Trinajstić information content (AvgIpc) is 2.52. The number of methoxy groups -OCH3 is 1. The lowest BCUT2D eigenvalue weighted by atomic mass is 10.2. The van der Waals surface area contributed by atoms with Crippen molar-refractivity contribution in [1.29, 1.82) is 0 Å². The monoisotopic (exact) mass is 421 g/mol. The van der Waals surface area contributed by atoms with Gasteiger partial charge in [0.15, 0.2) is 5.75 Å². The number of hydrogen-bond donors (Lipinski definition) is 1. The molecule has 2 rings (SSSR count). The van der Waals surface area contributed by atoms with E-state index >= 15 is 0 Å². The van der Waals surface area contributed by atoms with Crippen molar-refractivity contribution in [2.75, 3.05) is 17.6 Å². The van der Waals surface area contributed by atoms with Gasteiger partial charge in [0.05, 0.1) is 12.9 Å². The van der Waals surface area contributed by atoms with Gasteiger partial charge in [0.2, 0.25) is 15.8 Å². The molecule has 0 spiro atoms. The molecule has 0 unspecified atom stereocenters. The number of anilines is 1. The summed E-state index contributed by atoms with van der Waals surface area (Å²) in [4.78, 5) is 0. The first-order valence-electron chi connectivity index (χ1n) is 7.33. The molecule has 136 valence electrons. The van der Waals surface area contributed by atoms with Crippen molar-refractivity contribution < 1.29 is 13.2 Å². The number of rotatable bonds is 8. The summed E-state index contributed by atoms with van der Waals surface area (Å²) < 4.78 is 32.4. The highest BCUT2D eigenvalue weighted by atomic mass is 35.5. The molecule has 0 aliphatic rings. The fourth-order valence-electron chi connectivity index (χ4n) is 1.96. The van der Waals surface area contributed by atoms with E-state index in [1.165, 1.54) is 24.9 Å². The first-order valence-corrected chi connectivity index (χ1v) is 10.7. The Morgan fingerprint density at radius 3 is 2.44 bits per heavy atom. The van der Waals surface area contributed by atoms with Crippen molar-refractivity contribution in [1.82, 2.24) is 10.2 Å². The van der Waals surface area contributed by atoms with E-state index in [-0.39, 0.29) is 11.6 Å². The number of nitrogens with one attached hydrogen (secondary N) is 1. The summed E-state index contributed by atoms with van der Waals surface area (Å²) in [7, 11) is -2.30. The van der Waals surface area contributed by atoms with Crippen LogP contribution in [0.3, 0.4) is 0 Å². The molecule has 0 saturated carbocycles. The zero-order chi connectivity index (χ0) is 18.4. The Kier molecular flexibility index (Phi) is 7.18. The minimum atomic E-state index is -3.74. The van der Waals surface area contributed by atoms with Crippen LogP contribution in [0.25, 0.3) is 0 Å². The molecule has 0 amide bonds. The molecule has 1 heterocycles. The largest absolute Gasteiger partial charge is 0.493 e. The van der Waals surface area contributed by atoms with E-state index in [2.05, 4.69) is 21.8 Å². The third-order valence-corrected chi connectivity index (χ3v) is 5.70. The lowest BCUT2D eigenvalue weighted by Crippen LogP contribution is -2.17. The molecule has 1 N–H and O–H groups in total. The summed E-state index contributed by atoms with van der Waals surface area (Å²) in [5.41, 5.74) is 0.465.